The molecule has 114 valence electrons. The topological polar surface area (TPSA) is 57.4 Å². The van der Waals surface area contributed by atoms with Crippen molar-refractivity contribution in [3.63, 3.8) is 0 Å². The molecule has 5 heteroatoms. The fourth-order valence-electron chi connectivity index (χ4n) is 2.18. The number of hydrogen-bond donors (Lipinski definition) is 0. The highest BCUT2D eigenvalue weighted by atomic mass is 16.5. The molecule has 0 aliphatic rings. The van der Waals surface area contributed by atoms with E-state index in [4.69, 9.17) is 13.9 Å². The van der Waals surface area contributed by atoms with Crippen LogP contribution < -0.4 is 4.74 Å². The Labute approximate surface area is 128 Å². The fourth-order valence-corrected chi connectivity index (χ4v) is 2.18. The Morgan fingerprint density at radius 2 is 2.09 bits per heavy atom. The van der Waals surface area contributed by atoms with Crippen LogP contribution in [0.4, 0.5) is 0 Å². The molecule has 1 aromatic carbocycles. The number of benzene rings is 1. The molecule has 0 amide bonds. The van der Waals surface area contributed by atoms with E-state index in [9.17, 15) is 0 Å². The molecule has 0 spiro atoms. The van der Waals surface area contributed by atoms with Crippen molar-refractivity contribution in [3.05, 3.63) is 42.2 Å². The van der Waals surface area contributed by atoms with Crippen molar-refractivity contribution >= 4 is 11.1 Å². The van der Waals surface area contributed by atoms with Gasteiger partial charge in [-0.3, -0.25) is 4.98 Å². The van der Waals surface area contributed by atoms with E-state index >= 15 is 0 Å². The summed E-state index contributed by atoms with van der Waals surface area (Å²) in [6, 6.07) is 7.77. The summed E-state index contributed by atoms with van der Waals surface area (Å²) < 4.78 is 16.8. The lowest BCUT2D eigenvalue weighted by Gasteiger charge is -2.08. The molecule has 3 aromatic rings. The van der Waals surface area contributed by atoms with Crippen LogP contribution in [0.1, 0.15) is 12.5 Å². The highest BCUT2D eigenvalue weighted by Crippen LogP contribution is 2.31. The first-order chi connectivity index (χ1) is 10.8. The standard InChI is InChI=1S/C17H18N2O3/c1-3-20-8-9-21-16-11-18-7-6-13(16)17-19-14-10-12(2)4-5-15(14)22-17/h4-7,10-11H,3,8-9H2,1-2H3. The van der Waals surface area contributed by atoms with E-state index < -0.39 is 0 Å². The van der Waals surface area contributed by atoms with Gasteiger partial charge in [0.25, 0.3) is 0 Å². The van der Waals surface area contributed by atoms with Gasteiger partial charge < -0.3 is 13.9 Å². The molecule has 22 heavy (non-hydrogen) atoms. The Morgan fingerprint density at radius 1 is 1.18 bits per heavy atom. The second-order valence-electron chi connectivity index (χ2n) is 4.91. The zero-order valence-corrected chi connectivity index (χ0v) is 12.7. The van der Waals surface area contributed by atoms with Gasteiger partial charge >= 0.3 is 0 Å². The molecule has 0 N–H and O–H groups in total. The number of ether oxygens (including phenoxy) is 2. The first-order valence-electron chi connectivity index (χ1n) is 7.30. The Kier molecular flexibility index (Phi) is 4.34. The van der Waals surface area contributed by atoms with Crippen LogP contribution in [-0.2, 0) is 4.74 Å². The van der Waals surface area contributed by atoms with Gasteiger partial charge in [-0.25, -0.2) is 4.98 Å². The number of nitrogens with zero attached hydrogens (tertiary/aromatic N) is 2. The minimum absolute atomic E-state index is 0.464. The highest BCUT2D eigenvalue weighted by molar-refractivity contribution is 5.77. The lowest BCUT2D eigenvalue weighted by Crippen LogP contribution is -2.07. The van der Waals surface area contributed by atoms with Crippen LogP contribution in [0.5, 0.6) is 5.75 Å². The van der Waals surface area contributed by atoms with Crippen LogP contribution in [0.25, 0.3) is 22.6 Å². The molecule has 2 heterocycles. The molecule has 0 aliphatic heterocycles. The summed E-state index contributed by atoms with van der Waals surface area (Å²) in [5, 5.41) is 0. The molecule has 0 atom stereocenters. The van der Waals surface area contributed by atoms with Gasteiger partial charge in [-0.05, 0) is 37.6 Å². The third kappa shape index (κ3) is 3.09. The van der Waals surface area contributed by atoms with E-state index in [1.807, 2.05) is 38.1 Å². The van der Waals surface area contributed by atoms with E-state index in [0.717, 1.165) is 22.2 Å². The number of pyridine rings is 1. The van der Waals surface area contributed by atoms with E-state index in [1.54, 1.807) is 12.4 Å². The van der Waals surface area contributed by atoms with Crippen molar-refractivity contribution in [1.82, 2.24) is 9.97 Å². The SMILES string of the molecule is CCOCCOc1cnccc1-c1nc2cc(C)ccc2o1. The maximum atomic E-state index is 5.83. The minimum Gasteiger partial charge on any atom is -0.489 e. The predicted octanol–water partition coefficient (Wildman–Crippen LogP) is 3.61. The van der Waals surface area contributed by atoms with Crippen molar-refractivity contribution in [3.8, 4) is 17.2 Å². The number of rotatable bonds is 6. The lowest BCUT2D eigenvalue weighted by atomic mass is 10.2. The minimum atomic E-state index is 0.464. The smallest absolute Gasteiger partial charge is 0.231 e. The second-order valence-corrected chi connectivity index (χ2v) is 4.91. The van der Waals surface area contributed by atoms with Gasteiger partial charge in [0, 0.05) is 12.8 Å². The van der Waals surface area contributed by atoms with Crippen LogP contribution in [-0.4, -0.2) is 29.8 Å². The molecular formula is C17H18N2O3. The van der Waals surface area contributed by atoms with Gasteiger partial charge in [-0.1, -0.05) is 6.07 Å². The van der Waals surface area contributed by atoms with Crippen molar-refractivity contribution in [2.75, 3.05) is 19.8 Å². The molecule has 0 fully saturated rings. The van der Waals surface area contributed by atoms with Crippen LogP contribution in [0.2, 0.25) is 0 Å². The number of hydrogen-bond acceptors (Lipinski definition) is 5. The Hall–Kier alpha value is -2.40. The molecular weight excluding hydrogens is 280 g/mol. The summed E-state index contributed by atoms with van der Waals surface area (Å²) >= 11 is 0. The van der Waals surface area contributed by atoms with Gasteiger partial charge in [0.15, 0.2) is 5.58 Å². The van der Waals surface area contributed by atoms with Crippen molar-refractivity contribution in [2.24, 2.45) is 0 Å². The van der Waals surface area contributed by atoms with E-state index in [-0.39, 0.29) is 0 Å². The van der Waals surface area contributed by atoms with E-state index in [0.29, 0.717) is 31.5 Å². The third-order valence-electron chi connectivity index (χ3n) is 3.25. The summed E-state index contributed by atoms with van der Waals surface area (Å²) in [4.78, 5) is 8.65. The maximum absolute atomic E-state index is 5.83. The van der Waals surface area contributed by atoms with E-state index in [1.165, 1.54) is 0 Å². The first kappa shape index (κ1) is 14.5. The summed E-state index contributed by atoms with van der Waals surface area (Å²) in [7, 11) is 0. The van der Waals surface area contributed by atoms with Gasteiger partial charge in [-0.15, -0.1) is 0 Å². The van der Waals surface area contributed by atoms with Crippen LogP contribution in [0.3, 0.4) is 0 Å². The number of oxazole rings is 1. The normalized spacial score (nSPS) is 11.0. The average Bonchev–Trinajstić information content (AvgIpc) is 2.95. The van der Waals surface area contributed by atoms with Gasteiger partial charge in [0.1, 0.15) is 17.9 Å². The van der Waals surface area contributed by atoms with Crippen LogP contribution >= 0.6 is 0 Å². The molecule has 0 unspecified atom stereocenters. The summed E-state index contributed by atoms with van der Waals surface area (Å²) in [5.74, 6) is 1.18. The zero-order chi connectivity index (χ0) is 15.4. The molecule has 0 radical (unpaired) electrons. The Morgan fingerprint density at radius 3 is 2.95 bits per heavy atom. The van der Waals surface area contributed by atoms with Gasteiger partial charge in [0.2, 0.25) is 5.89 Å². The largest absolute Gasteiger partial charge is 0.489 e. The summed E-state index contributed by atoms with van der Waals surface area (Å²) in [6.45, 7) is 5.66. The highest BCUT2D eigenvalue weighted by Gasteiger charge is 2.13. The quantitative estimate of drug-likeness (QED) is 0.651. The lowest BCUT2D eigenvalue weighted by molar-refractivity contribution is 0.110. The second kappa shape index (κ2) is 6.58. The zero-order valence-electron chi connectivity index (χ0n) is 12.7. The molecule has 0 bridgehead atoms. The average molecular weight is 298 g/mol. The molecule has 5 nitrogen and oxygen atoms in total. The van der Waals surface area contributed by atoms with Crippen molar-refractivity contribution in [2.45, 2.75) is 13.8 Å². The fraction of sp³-hybridized carbons (Fsp3) is 0.294. The first-order valence-corrected chi connectivity index (χ1v) is 7.30. The van der Waals surface area contributed by atoms with Crippen LogP contribution in [0, 0.1) is 6.92 Å². The summed E-state index contributed by atoms with van der Waals surface area (Å²) in [6.07, 6.45) is 3.37. The number of fused-ring (bicyclic) bond motifs is 1. The monoisotopic (exact) mass is 298 g/mol. The summed E-state index contributed by atoms with van der Waals surface area (Å²) in [5.41, 5.74) is 3.54. The molecule has 0 saturated heterocycles. The third-order valence-corrected chi connectivity index (χ3v) is 3.25. The molecule has 2 aromatic heterocycles. The molecule has 0 aliphatic carbocycles. The molecule has 3 rings (SSSR count). The van der Waals surface area contributed by atoms with Crippen molar-refractivity contribution in [1.29, 1.82) is 0 Å². The Bertz CT molecular complexity index is 767. The number of aryl methyl sites for hydroxylation is 1. The molecule has 0 saturated carbocycles. The maximum Gasteiger partial charge on any atom is 0.231 e. The van der Waals surface area contributed by atoms with Crippen LogP contribution in [0.15, 0.2) is 41.1 Å². The van der Waals surface area contributed by atoms with Gasteiger partial charge in [0.05, 0.1) is 18.4 Å². The number of aromatic nitrogens is 2. The Balaban J connectivity index is 1.89. The van der Waals surface area contributed by atoms with Gasteiger partial charge in [-0.2, -0.15) is 0 Å². The van der Waals surface area contributed by atoms with E-state index in [2.05, 4.69) is 9.97 Å². The van der Waals surface area contributed by atoms with Crippen molar-refractivity contribution < 1.29 is 13.9 Å². The predicted molar refractivity (Wildman–Crippen MR) is 84.0 cm³/mol.